The fraction of sp³-hybridized carbons (Fsp3) is 0.286. The van der Waals surface area contributed by atoms with Crippen LogP contribution in [-0.4, -0.2) is 21.1 Å². The van der Waals surface area contributed by atoms with Crippen LogP contribution in [-0.2, 0) is 29.0 Å². The molecular weight excluding hydrogens is 435 g/mol. The van der Waals surface area contributed by atoms with Gasteiger partial charge in [-0.15, -0.1) is 0 Å². The first-order valence-corrected chi connectivity index (χ1v) is 9.82. The molecule has 164 valence electrons. The van der Waals surface area contributed by atoms with Crippen LogP contribution in [0.3, 0.4) is 0 Å². The van der Waals surface area contributed by atoms with Gasteiger partial charge in [0.1, 0.15) is 6.61 Å². The van der Waals surface area contributed by atoms with Crippen molar-refractivity contribution in [2.45, 2.75) is 39.1 Å². The first-order valence-electron chi connectivity index (χ1n) is 9.44. The van der Waals surface area contributed by atoms with Crippen LogP contribution in [0, 0.1) is 0 Å². The molecular formula is C21H19ClF3N3O3. The first kappa shape index (κ1) is 22.8. The van der Waals surface area contributed by atoms with Crippen molar-refractivity contribution in [3.8, 4) is 11.4 Å². The zero-order valence-corrected chi connectivity index (χ0v) is 17.3. The van der Waals surface area contributed by atoms with Crippen molar-refractivity contribution in [3.05, 3.63) is 70.6 Å². The van der Waals surface area contributed by atoms with Crippen molar-refractivity contribution in [2.75, 3.05) is 0 Å². The summed E-state index contributed by atoms with van der Waals surface area (Å²) in [6, 6.07) is 13.5. The van der Waals surface area contributed by atoms with E-state index in [-0.39, 0.29) is 24.9 Å². The molecule has 0 saturated heterocycles. The average Bonchev–Trinajstić information content (AvgIpc) is 3.24. The predicted octanol–water partition coefficient (Wildman–Crippen LogP) is 5.67. The molecule has 0 atom stereocenters. The number of benzene rings is 2. The molecule has 0 bridgehead atoms. The highest BCUT2D eigenvalue weighted by atomic mass is 35.5. The second-order valence-corrected chi connectivity index (χ2v) is 7.13. The number of hydroxylamine groups is 2. The van der Waals surface area contributed by atoms with Crippen molar-refractivity contribution in [1.29, 1.82) is 0 Å². The van der Waals surface area contributed by atoms with E-state index in [2.05, 4.69) is 14.7 Å². The van der Waals surface area contributed by atoms with E-state index in [4.69, 9.17) is 16.4 Å². The highest BCUT2D eigenvalue weighted by Gasteiger charge is 2.38. The maximum Gasteiger partial charge on any atom is 0.471 e. The largest absolute Gasteiger partial charge is 0.471 e. The fourth-order valence-corrected chi connectivity index (χ4v) is 2.78. The lowest BCUT2D eigenvalue weighted by atomic mass is 10.1. The van der Waals surface area contributed by atoms with Crippen molar-refractivity contribution in [1.82, 2.24) is 15.2 Å². The summed E-state index contributed by atoms with van der Waals surface area (Å²) >= 11 is 5.88. The van der Waals surface area contributed by atoms with Crippen LogP contribution in [0.5, 0.6) is 0 Å². The molecule has 3 aromatic rings. The number of carbonyl (C=O) groups excluding carboxylic acids is 1. The highest BCUT2D eigenvalue weighted by Crippen LogP contribution is 2.29. The van der Waals surface area contributed by atoms with Crippen LogP contribution in [0.4, 0.5) is 13.2 Å². The van der Waals surface area contributed by atoms with Gasteiger partial charge in [0.05, 0.1) is 6.54 Å². The minimum Gasteiger partial charge on any atom is -0.329 e. The van der Waals surface area contributed by atoms with Gasteiger partial charge in [-0.2, -0.15) is 18.2 Å². The molecule has 31 heavy (non-hydrogen) atoms. The molecule has 0 spiro atoms. The van der Waals surface area contributed by atoms with E-state index in [0.29, 0.717) is 23.4 Å². The number of carbonyl (C=O) groups is 1. The van der Waals surface area contributed by atoms with E-state index < -0.39 is 12.1 Å². The Balaban J connectivity index is 1.69. The van der Waals surface area contributed by atoms with Crippen LogP contribution in [0.2, 0.25) is 5.02 Å². The standard InChI is InChI=1S/C21H19ClF3N3O3/c1-2-3-18(29)28(30-13-15-6-10-17(22)11-7-15)12-14-4-8-16(9-5-14)19-26-20(31-27-19)21(23,24)25/h4-11H,2-3,12-13H2,1H3. The lowest BCUT2D eigenvalue weighted by molar-refractivity contribution is -0.195. The molecule has 6 nitrogen and oxygen atoms in total. The van der Waals surface area contributed by atoms with E-state index in [0.717, 1.165) is 11.1 Å². The molecule has 1 aromatic heterocycles. The van der Waals surface area contributed by atoms with Gasteiger partial charge in [-0.25, -0.2) is 5.06 Å². The minimum absolute atomic E-state index is 0.170. The van der Waals surface area contributed by atoms with Crippen molar-refractivity contribution < 1.29 is 27.3 Å². The molecule has 3 rings (SSSR count). The lowest BCUT2D eigenvalue weighted by Crippen LogP contribution is -2.30. The summed E-state index contributed by atoms with van der Waals surface area (Å²) in [5.41, 5.74) is 1.94. The number of hydrogen-bond acceptors (Lipinski definition) is 5. The van der Waals surface area contributed by atoms with Gasteiger partial charge in [0.25, 0.3) is 0 Å². The van der Waals surface area contributed by atoms with E-state index >= 15 is 0 Å². The Morgan fingerprint density at radius 1 is 1.10 bits per heavy atom. The summed E-state index contributed by atoms with van der Waals surface area (Å²) in [7, 11) is 0. The molecule has 0 saturated carbocycles. The average molecular weight is 454 g/mol. The lowest BCUT2D eigenvalue weighted by Gasteiger charge is -2.22. The van der Waals surface area contributed by atoms with Gasteiger partial charge in [0.15, 0.2) is 0 Å². The first-order chi connectivity index (χ1) is 14.8. The number of rotatable bonds is 8. The van der Waals surface area contributed by atoms with Crippen LogP contribution in [0.25, 0.3) is 11.4 Å². The Labute approximate surface area is 181 Å². The van der Waals surface area contributed by atoms with Crippen LogP contribution in [0.15, 0.2) is 53.1 Å². The van der Waals surface area contributed by atoms with Gasteiger partial charge >= 0.3 is 12.1 Å². The maximum absolute atomic E-state index is 12.6. The number of halogens is 4. The second kappa shape index (κ2) is 9.93. The molecule has 1 heterocycles. The monoisotopic (exact) mass is 453 g/mol. The van der Waals surface area contributed by atoms with Crippen LogP contribution < -0.4 is 0 Å². The van der Waals surface area contributed by atoms with Gasteiger partial charge in [-0.05, 0) is 29.7 Å². The van der Waals surface area contributed by atoms with Crippen LogP contribution in [0.1, 0.15) is 36.8 Å². The topological polar surface area (TPSA) is 68.5 Å². The maximum atomic E-state index is 12.6. The molecule has 10 heteroatoms. The fourth-order valence-electron chi connectivity index (χ4n) is 2.66. The Morgan fingerprint density at radius 3 is 2.32 bits per heavy atom. The Hall–Kier alpha value is -2.91. The molecule has 0 aliphatic carbocycles. The van der Waals surface area contributed by atoms with E-state index in [9.17, 15) is 18.0 Å². The third-order valence-electron chi connectivity index (χ3n) is 4.25. The second-order valence-electron chi connectivity index (χ2n) is 6.70. The van der Waals surface area contributed by atoms with Gasteiger partial charge in [0.2, 0.25) is 11.7 Å². The highest BCUT2D eigenvalue weighted by molar-refractivity contribution is 6.30. The molecule has 0 aliphatic rings. The van der Waals surface area contributed by atoms with E-state index in [1.807, 2.05) is 6.92 Å². The van der Waals surface area contributed by atoms with Crippen molar-refractivity contribution in [2.24, 2.45) is 0 Å². The number of nitrogens with zero attached hydrogens (tertiary/aromatic N) is 3. The van der Waals surface area contributed by atoms with Crippen LogP contribution >= 0.6 is 11.6 Å². The minimum atomic E-state index is -4.70. The van der Waals surface area contributed by atoms with Gasteiger partial charge in [-0.3, -0.25) is 9.63 Å². The van der Waals surface area contributed by atoms with Gasteiger partial charge in [0, 0.05) is 17.0 Å². The SMILES string of the molecule is CCCC(=O)N(Cc1ccc(-c2noc(C(F)(F)F)n2)cc1)OCc1ccc(Cl)cc1. The Bertz CT molecular complexity index is 1010. The van der Waals surface area contributed by atoms with Gasteiger partial charge in [-0.1, -0.05) is 60.1 Å². The van der Waals surface area contributed by atoms with E-state index in [1.165, 1.54) is 5.06 Å². The summed E-state index contributed by atoms with van der Waals surface area (Å²) in [6.07, 6.45) is -3.72. The summed E-state index contributed by atoms with van der Waals surface area (Å²) < 4.78 is 42.1. The van der Waals surface area contributed by atoms with Crippen molar-refractivity contribution >= 4 is 17.5 Å². The van der Waals surface area contributed by atoms with E-state index in [1.54, 1.807) is 48.5 Å². The number of hydrogen-bond donors (Lipinski definition) is 0. The number of aromatic nitrogens is 2. The summed E-state index contributed by atoms with van der Waals surface area (Å²) in [5, 5.41) is 5.24. The Morgan fingerprint density at radius 2 is 1.74 bits per heavy atom. The third kappa shape index (κ3) is 6.28. The quantitative estimate of drug-likeness (QED) is 0.411. The Kier molecular flexibility index (Phi) is 7.29. The van der Waals surface area contributed by atoms with Gasteiger partial charge < -0.3 is 4.52 Å². The summed E-state index contributed by atoms with van der Waals surface area (Å²) in [4.78, 5) is 21.5. The number of amides is 1. The smallest absolute Gasteiger partial charge is 0.329 e. The molecule has 2 aromatic carbocycles. The summed E-state index contributed by atoms with van der Waals surface area (Å²) in [6.45, 7) is 2.25. The summed E-state index contributed by atoms with van der Waals surface area (Å²) in [5.74, 6) is -1.75. The molecule has 0 radical (unpaired) electrons. The molecule has 0 fully saturated rings. The molecule has 1 amide bonds. The predicted molar refractivity (Wildman–Crippen MR) is 106 cm³/mol. The molecule has 0 unspecified atom stereocenters. The molecule has 0 aliphatic heterocycles. The molecule has 0 N–H and O–H groups in total. The normalized spacial score (nSPS) is 11.5. The zero-order valence-electron chi connectivity index (χ0n) is 16.5. The van der Waals surface area contributed by atoms with Crippen molar-refractivity contribution in [3.63, 3.8) is 0 Å². The zero-order chi connectivity index (χ0) is 22.4. The third-order valence-corrected chi connectivity index (χ3v) is 4.50. The number of alkyl halides is 3.